The quantitative estimate of drug-likeness (QED) is 0.764. The van der Waals surface area contributed by atoms with E-state index in [-0.39, 0.29) is 22.9 Å². The van der Waals surface area contributed by atoms with Crippen molar-refractivity contribution in [2.45, 2.75) is 6.42 Å². The standard InChI is InChI=1S/C9H9ClN2O3S/c10-7-5-6(11)1-2-8(7)12-9(13)3-4-16(12,14)15/h1-2,5H,3-4,11H2. The van der Waals surface area contributed by atoms with Crippen molar-refractivity contribution in [3.8, 4) is 0 Å². The first-order valence-corrected chi connectivity index (χ1v) is 6.51. The number of nitrogen functional groups attached to an aromatic ring is 1. The number of hydrogen-bond donors (Lipinski definition) is 1. The number of anilines is 2. The normalized spacial score (nSPS) is 19.1. The molecule has 0 bridgehead atoms. The third-order valence-corrected chi connectivity index (χ3v) is 4.25. The van der Waals surface area contributed by atoms with E-state index in [1.807, 2.05) is 0 Å². The summed E-state index contributed by atoms with van der Waals surface area (Å²) in [5, 5.41) is 0.152. The minimum atomic E-state index is -3.57. The highest BCUT2D eigenvalue weighted by atomic mass is 35.5. The van der Waals surface area contributed by atoms with Gasteiger partial charge in [0.2, 0.25) is 15.9 Å². The van der Waals surface area contributed by atoms with Crippen LogP contribution in [0.25, 0.3) is 0 Å². The molecule has 1 amide bonds. The monoisotopic (exact) mass is 260 g/mol. The van der Waals surface area contributed by atoms with Crippen molar-refractivity contribution in [3.63, 3.8) is 0 Å². The Morgan fingerprint density at radius 1 is 1.38 bits per heavy atom. The summed E-state index contributed by atoms with van der Waals surface area (Å²) in [5.41, 5.74) is 6.07. The van der Waals surface area contributed by atoms with Gasteiger partial charge in [-0.1, -0.05) is 11.6 Å². The summed E-state index contributed by atoms with van der Waals surface area (Å²) in [4.78, 5) is 11.5. The zero-order valence-corrected chi connectivity index (χ0v) is 9.75. The molecule has 86 valence electrons. The summed E-state index contributed by atoms with van der Waals surface area (Å²) < 4.78 is 24.0. The van der Waals surface area contributed by atoms with Crippen LogP contribution in [-0.2, 0) is 14.8 Å². The van der Waals surface area contributed by atoms with Gasteiger partial charge in [-0.2, -0.15) is 0 Å². The summed E-state index contributed by atoms with van der Waals surface area (Å²) in [6.45, 7) is 0. The summed E-state index contributed by atoms with van der Waals surface area (Å²) in [7, 11) is -3.57. The van der Waals surface area contributed by atoms with E-state index in [0.29, 0.717) is 5.69 Å². The maximum absolute atomic E-state index is 11.6. The molecular weight excluding hydrogens is 252 g/mol. The van der Waals surface area contributed by atoms with Crippen LogP contribution >= 0.6 is 11.6 Å². The predicted molar refractivity (Wildman–Crippen MR) is 61.8 cm³/mol. The number of rotatable bonds is 1. The summed E-state index contributed by atoms with van der Waals surface area (Å²) in [6.07, 6.45) is -0.0109. The lowest BCUT2D eigenvalue weighted by Gasteiger charge is -2.16. The molecule has 0 atom stereocenters. The summed E-state index contributed by atoms with van der Waals surface area (Å²) in [6, 6.07) is 4.35. The number of nitrogens with zero attached hydrogens (tertiary/aromatic N) is 1. The Morgan fingerprint density at radius 3 is 2.56 bits per heavy atom. The van der Waals surface area contributed by atoms with Gasteiger partial charge < -0.3 is 5.73 Å². The van der Waals surface area contributed by atoms with Crippen LogP contribution in [0.1, 0.15) is 6.42 Å². The van der Waals surface area contributed by atoms with E-state index in [9.17, 15) is 13.2 Å². The maximum Gasteiger partial charge on any atom is 0.242 e. The number of carbonyl (C=O) groups excluding carboxylic acids is 1. The molecule has 0 spiro atoms. The first-order chi connectivity index (χ1) is 7.42. The van der Waals surface area contributed by atoms with Crippen LogP contribution in [0, 0.1) is 0 Å². The van der Waals surface area contributed by atoms with Crippen LogP contribution in [0.4, 0.5) is 11.4 Å². The highest BCUT2D eigenvalue weighted by Gasteiger charge is 2.37. The minimum absolute atomic E-state index is 0.0109. The molecule has 0 saturated carbocycles. The Labute approximate surface area is 97.8 Å². The van der Waals surface area contributed by atoms with Crippen molar-refractivity contribution in [2.24, 2.45) is 0 Å². The van der Waals surface area contributed by atoms with Gasteiger partial charge in [-0.3, -0.25) is 4.79 Å². The van der Waals surface area contributed by atoms with Gasteiger partial charge in [-0.05, 0) is 18.2 Å². The van der Waals surface area contributed by atoms with Crippen molar-refractivity contribution in [1.29, 1.82) is 0 Å². The van der Waals surface area contributed by atoms with Crippen molar-refractivity contribution in [3.05, 3.63) is 23.2 Å². The zero-order chi connectivity index (χ0) is 11.9. The van der Waals surface area contributed by atoms with E-state index >= 15 is 0 Å². The number of amides is 1. The first-order valence-electron chi connectivity index (χ1n) is 4.53. The van der Waals surface area contributed by atoms with Gasteiger partial charge in [0.1, 0.15) is 0 Å². The largest absolute Gasteiger partial charge is 0.399 e. The van der Waals surface area contributed by atoms with Crippen molar-refractivity contribution in [2.75, 3.05) is 15.8 Å². The molecular formula is C9H9ClN2O3S. The summed E-state index contributed by atoms with van der Waals surface area (Å²) >= 11 is 5.86. The number of hydrogen-bond acceptors (Lipinski definition) is 4. The lowest BCUT2D eigenvalue weighted by atomic mass is 10.3. The Bertz CT molecular complexity index is 556. The van der Waals surface area contributed by atoms with Crippen molar-refractivity contribution < 1.29 is 13.2 Å². The van der Waals surface area contributed by atoms with Crippen LogP contribution in [0.2, 0.25) is 5.02 Å². The molecule has 0 unspecified atom stereocenters. The third-order valence-electron chi connectivity index (χ3n) is 2.27. The molecule has 7 heteroatoms. The summed E-state index contributed by atoms with van der Waals surface area (Å²) in [5.74, 6) is -0.640. The van der Waals surface area contributed by atoms with Gasteiger partial charge in [-0.15, -0.1) is 0 Å². The van der Waals surface area contributed by atoms with Gasteiger partial charge in [0.05, 0.1) is 16.5 Å². The fraction of sp³-hybridized carbons (Fsp3) is 0.222. The average molecular weight is 261 g/mol. The molecule has 0 aromatic heterocycles. The number of sulfonamides is 1. The number of nitrogens with two attached hydrogens (primary N) is 1. The smallest absolute Gasteiger partial charge is 0.242 e. The SMILES string of the molecule is Nc1ccc(N2C(=O)CCS2(=O)=O)c(Cl)c1. The van der Waals surface area contributed by atoms with Crippen LogP contribution in [-0.4, -0.2) is 20.1 Å². The Hall–Kier alpha value is -1.27. The van der Waals surface area contributed by atoms with E-state index in [1.165, 1.54) is 18.2 Å². The molecule has 1 heterocycles. The Balaban J connectivity index is 2.56. The molecule has 0 radical (unpaired) electrons. The number of halogens is 1. The van der Waals surface area contributed by atoms with Crippen LogP contribution < -0.4 is 10.0 Å². The second kappa shape index (κ2) is 3.64. The molecule has 16 heavy (non-hydrogen) atoms. The van der Waals surface area contributed by atoms with E-state index in [1.54, 1.807) is 0 Å². The molecule has 1 aliphatic rings. The van der Waals surface area contributed by atoms with E-state index in [2.05, 4.69) is 0 Å². The fourth-order valence-electron chi connectivity index (χ4n) is 1.54. The number of benzene rings is 1. The first kappa shape index (κ1) is 11.2. The Kier molecular flexibility index (Phi) is 2.55. The second-order valence-electron chi connectivity index (χ2n) is 3.44. The number of carbonyl (C=O) groups is 1. The highest BCUT2D eigenvalue weighted by molar-refractivity contribution is 7.94. The third kappa shape index (κ3) is 1.74. The van der Waals surface area contributed by atoms with Crippen LogP contribution in [0.3, 0.4) is 0 Å². The van der Waals surface area contributed by atoms with E-state index < -0.39 is 15.9 Å². The molecule has 1 aromatic carbocycles. The minimum Gasteiger partial charge on any atom is -0.399 e. The topological polar surface area (TPSA) is 80.5 Å². The highest BCUT2D eigenvalue weighted by Crippen LogP contribution is 2.32. The lowest BCUT2D eigenvalue weighted by molar-refractivity contribution is -0.116. The van der Waals surface area contributed by atoms with Crippen molar-refractivity contribution >= 4 is 38.9 Å². The molecule has 0 aliphatic carbocycles. The maximum atomic E-state index is 11.6. The van der Waals surface area contributed by atoms with Crippen LogP contribution in [0.15, 0.2) is 18.2 Å². The lowest BCUT2D eigenvalue weighted by Crippen LogP contribution is -2.29. The molecule has 2 rings (SSSR count). The van der Waals surface area contributed by atoms with E-state index in [0.717, 1.165) is 4.31 Å². The molecule has 1 aromatic rings. The van der Waals surface area contributed by atoms with Gasteiger partial charge in [-0.25, -0.2) is 12.7 Å². The van der Waals surface area contributed by atoms with Gasteiger partial charge in [0.25, 0.3) is 0 Å². The van der Waals surface area contributed by atoms with Gasteiger partial charge >= 0.3 is 0 Å². The zero-order valence-electron chi connectivity index (χ0n) is 8.18. The molecule has 5 nitrogen and oxygen atoms in total. The fourth-order valence-corrected chi connectivity index (χ4v) is 3.34. The Morgan fingerprint density at radius 2 is 2.06 bits per heavy atom. The molecule has 1 saturated heterocycles. The van der Waals surface area contributed by atoms with E-state index in [4.69, 9.17) is 17.3 Å². The molecule has 1 aliphatic heterocycles. The molecule has 1 fully saturated rings. The van der Waals surface area contributed by atoms with Crippen LogP contribution in [0.5, 0.6) is 0 Å². The van der Waals surface area contributed by atoms with Gasteiger partial charge in [0.15, 0.2) is 0 Å². The second-order valence-corrected chi connectivity index (χ2v) is 5.78. The molecule has 2 N–H and O–H groups in total. The van der Waals surface area contributed by atoms with Crippen molar-refractivity contribution in [1.82, 2.24) is 0 Å². The average Bonchev–Trinajstić information content (AvgIpc) is 2.43. The van der Waals surface area contributed by atoms with Gasteiger partial charge in [0, 0.05) is 12.1 Å². The predicted octanol–water partition coefficient (Wildman–Crippen LogP) is 0.989.